The molecule has 2 N–H and O–H groups in total. The summed E-state index contributed by atoms with van der Waals surface area (Å²) in [5.41, 5.74) is 3.90. The largest absolute Gasteiger partial charge is 0.491 e. The average Bonchev–Trinajstić information content (AvgIpc) is 2.88. The molecule has 0 radical (unpaired) electrons. The molecule has 210 valence electrons. The second-order valence-corrected chi connectivity index (χ2v) is 10.2. The fourth-order valence-corrected chi connectivity index (χ4v) is 5.34. The van der Waals surface area contributed by atoms with E-state index in [1.54, 1.807) is 21.7 Å². The fourth-order valence-electron chi connectivity index (χ4n) is 4.96. The Balaban J connectivity index is 1.32. The molecule has 2 unspecified atom stereocenters. The zero-order chi connectivity index (χ0) is 28.8. The van der Waals surface area contributed by atoms with Crippen molar-refractivity contribution < 1.29 is 17.9 Å². The molecule has 1 aliphatic heterocycles. The standard InChI is InChI=1S/C26H27F3N7O3P/c1-34-25(38)21(26(27,28)29)18(12-32-34)36-9-6-15(36)4-3-7-35-8-5-14-10-17(20(40)11-16(14)24(35)37)23-31-13-19(39-2)22(30)33-23/h5,8,10-13,15H,3-4,6-7,9,40H2,1-2H3,(H2,30,31,33). The maximum Gasteiger partial charge on any atom is 0.423 e. The first-order valence-corrected chi connectivity index (χ1v) is 13.1. The lowest BCUT2D eigenvalue weighted by atomic mass is 9.96. The first kappa shape index (κ1) is 27.6. The molecule has 4 aromatic rings. The molecule has 14 heteroatoms. The van der Waals surface area contributed by atoms with Gasteiger partial charge in [0.25, 0.3) is 11.1 Å². The summed E-state index contributed by atoms with van der Waals surface area (Å²) in [4.78, 5) is 35.6. The lowest BCUT2D eigenvalue weighted by molar-refractivity contribution is -0.138. The topological polar surface area (TPSA) is 121 Å². The van der Waals surface area contributed by atoms with Gasteiger partial charge in [0, 0.05) is 43.3 Å². The van der Waals surface area contributed by atoms with Gasteiger partial charge < -0.3 is 19.9 Å². The van der Waals surface area contributed by atoms with Crippen LogP contribution >= 0.6 is 9.24 Å². The van der Waals surface area contributed by atoms with Gasteiger partial charge in [-0.25, -0.2) is 14.6 Å². The molecule has 0 amide bonds. The van der Waals surface area contributed by atoms with Gasteiger partial charge in [-0.2, -0.15) is 18.3 Å². The normalized spacial score (nSPS) is 15.3. The number of ether oxygens (including phenoxy) is 1. The first-order chi connectivity index (χ1) is 19.0. The number of halogens is 3. The number of benzene rings is 1. The van der Waals surface area contributed by atoms with Gasteiger partial charge in [0.1, 0.15) is 5.56 Å². The number of aromatic nitrogens is 5. The second kappa shape index (κ2) is 10.5. The van der Waals surface area contributed by atoms with Crippen molar-refractivity contribution in [2.75, 3.05) is 24.3 Å². The van der Waals surface area contributed by atoms with Crippen molar-refractivity contribution in [1.29, 1.82) is 0 Å². The number of nitrogens with two attached hydrogens (primary N) is 1. The first-order valence-electron chi connectivity index (χ1n) is 12.5. The highest BCUT2D eigenvalue weighted by Crippen LogP contribution is 2.38. The smallest absolute Gasteiger partial charge is 0.423 e. The number of nitrogen functional groups attached to an aromatic ring is 1. The zero-order valence-electron chi connectivity index (χ0n) is 21.8. The highest BCUT2D eigenvalue weighted by Gasteiger charge is 2.42. The summed E-state index contributed by atoms with van der Waals surface area (Å²) < 4.78 is 48.4. The van der Waals surface area contributed by atoms with Crippen LogP contribution in [-0.2, 0) is 19.8 Å². The maximum atomic E-state index is 13.7. The van der Waals surface area contributed by atoms with E-state index in [4.69, 9.17) is 10.5 Å². The number of rotatable bonds is 7. The van der Waals surface area contributed by atoms with Crippen LogP contribution in [-0.4, -0.2) is 44.0 Å². The van der Waals surface area contributed by atoms with Crippen LogP contribution in [0.25, 0.3) is 22.2 Å². The molecule has 40 heavy (non-hydrogen) atoms. The second-order valence-electron chi connectivity index (χ2n) is 9.60. The molecule has 0 saturated carbocycles. The summed E-state index contributed by atoms with van der Waals surface area (Å²) in [5, 5.41) is 5.75. The summed E-state index contributed by atoms with van der Waals surface area (Å²) in [6, 6.07) is 5.23. The van der Waals surface area contributed by atoms with Crippen LogP contribution in [0, 0.1) is 0 Å². The van der Waals surface area contributed by atoms with Crippen LogP contribution in [0.15, 0.2) is 46.4 Å². The molecule has 2 atom stereocenters. The molecule has 1 saturated heterocycles. The Kier molecular flexibility index (Phi) is 7.26. The van der Waals surface area contributed by atoms with Crippen LogP contribution in [0.2, 0.25) is 0 Å². The summed E-state index contributed by atoms with van der Waals surface area (Å²) in [6.07, 6.45) is 1.32. The monoisotopic (exact) mass is 573 g/mol. The van der Waals surface area contributed by atoms with Crippen molar-refractivity contribution in [2.45, 2.75) is 38.0 Å². The van der Waals surface area contributed by atoms with E-state index in [0.29, 0.717) is 64.9 Å². The summed E-state index contributed by atoms with van der Waals surface area (Å²) in [7, 11) is 5.27. The number of hydrogen-bond acceptors (Lipinski definition) is 8. The van der Waals surface area contributed by atoms with Gasteiger partial charge in [-0.15, -0.1) is 9.24 Å². The van der Waals surface area contributed by atoms with Crippen LogP contribution in [0.1, 0.15) is 24.8 Å². The Morgan fingerprint density at radius 2 is 1.98 bits per heavy atom. The summed E-state index contributed by atoms with van der Waals surface area (Å²) in [5.74, 6) is 0.978. The third-order valence-corrected chi connectivity index (χ3v) is 7.66. The van der Waals surface area contributed by atoms with E-state index in [1.807, 2.05) is 12.1 Å². The van der Waals surface area contributed by atoms with Crippen molar-refractivity contribution in [1.82, 2.24) is 24.3 Å². The number of aryl methyl sites for hydroxylation is 2. The Morgan fingerprint density at radius 3 is 2.62 bits per heavy atom. The molecule has 4 heterocycles. The van der Waals surface area contributed by atoms with Gasteiger partial charge in [0.2, 0.25) is 0 Å². The predicted octanol–water partition coefficient (Wildman–Crippen LogP) is 2.72. The minimum absolute atomic E-state index is 0.177. The summed E-state index contributed by atoms with van der Waals surface area (Å²) >= 11 is 0. The third kappa shape index (κ3) is 5.01. The van der Waals surface area contributed by atoms with Crippen LogP contribution in [0.5, 0.6) is 5.75 Å². The van der Waals surface area contributed by atoms with E-state index >= 15 is 0 Å². The number of anilines is 2. The van der Waals surface area contributed by atoms with E-state index in [-0.39, 0.29) is 23.1 Å². The molecule has 1 aliphatic rings. The molecule has 0 aliphatic carbocycles. The lowest BCUT2D eigenvalue weighted by Crippen LogP contribution is -2.50. The minimum atomic E-state index is -4.78. The van der Waals surface area contributed by atoms with E-state index < -0.39 is 17.3 Å². The Hall–Kier alpha value is -3.99. The number of fused-ring (bicyclic) bond motifs is 1. The quantitative estimate of drug-likeness (QED) is 0.335. The van der Waals surface area contributed by atoms with Crippen molar-refractivity contribution in [3.05, 3.63) is 63.1 Å². The Morgan fingerprint density at radius 1 is 1.20 bits per heavy atom. The van der Waals surface area contributed by atoms with Crippen molar-refractivity contribution in [3.8, 4) is 17.1 Å². The number of methoxy groups -OCH3 is 1. The van der Waals surface area contributed by atoms with Crippen molar-refractivity contribution >= 4 is 36.8 Å². The highest BCUT2D eigenvalue weighted by atomic mass is 31.0. The highest BCUT2D eigenvalue weighted by molar-refractivity contribution is 7.28. The van der Waals surface area contributed by atoms with E-state index in [0.717, 1.165) is 11.5 Å². The Bertz CT molecular complexity index is 1720. The molecule has 0 spiro atoms. The molecule has 3 aromatic heterocycles. The number of pyridine rings is 1. The Labute approximate surface area is 228 Å². The van der Waals surface area contributed by atoms with Gasteiger partial charge in [0.05, 0.1) is 25.2 Å². The molecule has 5 rings (SSSR count). The zero-order valence-corrected chi connectivity index (χ0v) is 22.9. The van der Waals surface area contributed by atoms with Gasteiger partial charge in [-0.1, -0.05) is 0 Å². The maximum absolute atomic E-state index is 13.7. The van der Waals surface area contributed by atoms with E-state index in [2.05, 4.69) is 24.3 Å². The van der Waals surface area contributed by atoms with Gasteiger partial charge >= 0.3 is 6.18 Å². The van der Waals surface area contributed by atoms with Crippen LogP contribution in [0.4, 0.5) is 24.7 Å². The van der Waals surface area contributed by atoms with Gasteiger partial charge in [-0.05, 0) is 48.2 Å². The van der Waals surface area contributed by atoms with E-state index in [1.165, 1.54) is 20.4 Å². The molecule has 1 fully saturated rings. The number of alkyl halides is 3. The lowest BCUT2D eigenvalue weighted by Gasteiger charge is -2.43. The van der Waals surface area contributed by atoms with Crippen molar-refractivity contribution in [3.63, 3.8) is 0 Å². The predicted molar refractivity (Wildman–Crippen MR) is 149 cm³/mol. The third-order valence-electron chi connectivity index (χ3n) is 7.18. The SMILES string of the molecule is COc1cnc(-c2cc3ccn(CCCC4CCN4c4cnn(C)c(=O)c4C(F)(F)F)c(=O)c3cc2P)nc1N. The summed E-state index contributed by atoms with van der Waals surface area (Å²) in [6.45, 7) is 0.799. The van der Waals surface area contributed by atoms with Gasteiger partial charge in [0.15, 0.2) is 17.4 Å². The molecule has 1 aromatic carbocycles. The minimum Gasteiger partial charge on any atom is -0.491 e. The van der Waals surface area contributed by atoms with Crippen LogP contribution in [0.3, 0.4) is 0 Å². The number of nitrogens with zero attached hydrogens (tertiary/aromatic N) is 6. The molecular formula is C26H27F3N7O3P. The molecule has 10 nitrogen and oxygen atoms in total. The van der Waals surface area contributed by atoms with Crippen molar-refractivity contribution in [2.24, 2.45) is 7.05 Å². The fraction of sp³-hybridized carbons (Fsp3) is 0.346. The average molecular weight is 574 g/mol. The molecular weight excluding hydrogens is 546 g/mol. The van der Waals surface area contributed by atoms with Crippen LogP contribution < -0.4 is 31.8 Å². The molecule has 0 bridgehead atoms. The van der Waals surface area contributed by atoms with E-state index in [9.17, 15) is 22.8 Å². The number of hydrogen-bond donors (Lipinski definition) is 1. The van der Waals surface area contributed by atoms with Gasteiger partial charge in [-0.3, -0.25) is 9.59 Å².